The molecule has 240 valence electrons. The number of benzene rings is 8. The van der Waals surface area contributed by atoms with E-state index in [1.165, 1.54) is 71.6 Å². The van der Waals surface area contributed by atoms with Gasteiger partial charge in [0.25, 0.3) is 0 Å². The second-order valence-corrected chi connectivity index (χ2v) is 14.1. The third-order valence-electron chi connectivity index (χ3n) is 11.0. The van der Waals surface area contributed by atoms with Gasteiger partial charge in [0.05, 0.1) is 17.6 Å². The number of rotatable bonds is 5. The van der Waals surface area contributed by atoms with Gasteiger partial charge in [0.1, 0.15) is 0 Å². The molecule has 51 heavy (non-hydrogen) atoms. The van der Waals surface area contributed by atoms with Crippen molar-refractivity contribution in [2.75, 3.05) is 4.90 Å². The van der Waals surface area contributed by atoms with Gasteiger partial charge in [0, 0.05) is 38.9 Å². The molecule has 3 nitrogen and oxygen atoms in total. The molecule has 0 amide bonds. The van der Waals surface area contributed by atoms with Crippen LogP contribution in [0.15, 0.2) is 164 Å². The van der Waals surface area contributed by atoms with Crippen LogP contribution in [0.2, 0.25) is 0 Å². The molecule has 0 bridgehead atoms. The largest absolute Gasteiger partial charge is 0.311 e. The Morgan fingerprint density at radius 2 is 1.20 bits per heavy atom. The Hall–Kier alpha value is -6.63. The molecule has 0 N–H and O–H groups in total. The summed E-state index contributed by atoms with van der Waals surface area (Å²) in [7, 11) is 0. The Bertz CT molecular complexity index is 2820. The van der Waals surface area contributed by atoms with Gasteiger partial charge in [-0.25, -0.2) is 4.85 Å². The summed E-state index contributed by atoms with van der Waals surface area (Å²) in [5.41, 5.74) is 15.0. The molecule has 8 aromatic carbocycles. The highest BCUT2D eigenvalue weighted by atomic mass is 15.1. The summed E-state index contributed by atoms with van der Waals surface area (Å²) in [5, 5.41) is 5.12. The molecule has 3 heteroatoms. The zero-order valence-electron chi connectivity index (χ0n) is 28.4. The van der Waals surface area contributed by atoms with Crippen LogP contribution < -0.4 is 4.90 Å². The maximum absolute atomic E-state index is 7.53. The lowest BCUT2D eigenvalue weighted by atomic mass is 9.82. The maximum atomic E-state index is 7.53. The second kappa shape index (κ2) is 10.9. The monoisotopic (exact) mass is 651 g/mol. The minimum atomic E-state index is -0.109. The van der Waals surface area contributed by atoms with Crippen molar-refractivity contribution in [3.05, 3.63) is 186 Å². The first-order valence-electron chi connectivity index (χ1n) is 17.5. The normalized spacial score (nSPS) is 13.0. The van der Waals surface area contributed by atoms with Gasteiger partial charge in [-0.1, -0.05) is 117 Å². The van der Waals surface area contributed by atoms with E-state index in [9.17, 15) is 0 Å². The molecule has 1 aromatic heterocycles. The Morgan fingerprint density at radius 1 is 0.529 bits per heavy atom. The topological polar surface area (TPSA) is 12.5 Å². The Morgan fingerprint density at radius 3 is 1.98 bits per heavy atom. The standard InChI is InChI=1S/C48H33N3/c1-48(2)42-14-8-7-13-39(42)40-27-25-37(30-43(40)48)50(36-23-19-33(49-3)20-24-36)35-21-16-31(17-22-35)38-28-29-45-47-41(38)26-18-32-10-9-15-44(46(32)47)51(45)34-11-5-4-6-12-34/h4-30H,1-2H3. The average molecular weight is 652 g/mol. The lowest BCUT2D eigenvalue weighted by Gasteiger charge is -2.28. The van der Waals surface area contributed by atoms with Crippen LogP contribution in [0.25, 0.3) is 65.4 Å². The summed E-state index contributed by atoms with van der Waals surface area (Å²) >= 11 is 0. The van der Waals surface area contributed by atoms with E-state index in [0.717, 1.165) is 17.1 Å². The molecule has 1 heterocycles. The van der Waals surface area contributed by atoms with E-state index in [4.69, 9.17) is 6.57 Å². The first-order chi connectivity index (χ1) is 25.0. The van der Waals surface area contributed by atoms with Crippen molar-refractivity contribution in [1.29, 1.82) is 0 Å². The van der Waals surface area contributed by atoms with Gasteiger partial charge in [-0.15, -0.1) is 0 Å². The summed E-state index contributed by atoms with van der Waals surface area (Å²) in [4.78, 5) is 5.96. The number of hydrogen-bond donors (Lipinski definition) is 0. The van der Waals surface area contributed by atoms with Crippen molar-refractivity contribution in [3.8, 4) is 27.9 Å². The molecule has 0 spiro atoms. The molecular weight excluding hydrogens is 619 g/mol. The third-order valence-corrected chi connectivity index (χ3v) is 11.0. The van der Waals surface area contributed by atoms with E-state index >= 15 is 0 Å². The highest BCUT2D eigenvalue weighted by molar-refractivity contribution is 6.26. The Balaban J connectivity index is 1.11. The average Bonchev–Trinajstić information content (AvgIpc) is 3.64. The fraction of sp³-hybridized carbons (Fsp3) is 0.0625. The van der Waals surface area contributed by atoms with Crippen LogP contribution in [0.4, 0.5) is 22.7 Å². The maximum Gasteiger partial charge on any atom is 0.187 e. The molecule has 0 atom stereocenters. The van der Waals surface area contributed by atoms with Crippen molar-refractivity contribution in [1.82, 2.24) is 4.57 Å². The van der Waals surface area contributed by atoms with Crippen LogP contribution in [0, 0.1) is 6.57 Å². The van der Waals surface area contributed by atoms with Crippen molar-refractivity contribution in [3.63, 3.8) is 0 Å². The van der Waals surface area contributed by atoms with Crippen LogP contribution in [-0.4, -0.2) is 4.57 Å². The van der Waals surface area contributed by atoms with E-state index in [1.807, 2.05) is 12.1 Å². The van der Waals surface area contributed by atoms with E-state index in [-0.39, 0.29) is 5.41 Å². The second-order valence-electron chi connectivity index (χ2n) is 14.1. The van der Waals surface area contributed by atoms with Crippen LogP contribution in [0.5, 0.6) is 0 Å². The Labute approximate surface area is 297 Å². The molecule has 0 fully saturated rings. The molecule has 0 aliphatic heterocycles. The van der Waals surface area contributed by atoms with Crippen molar-refractivity contribution in [2.24, 2.45) is 0 Å². The van der Waals surface area contributed by atoms with Gasteiger partial charge < -0.3 is 9.47 Å². The van der Waals surface area contributed by atoms with Crippen molar-refractivity contribution >= 4 is 55.3 Å². The third kappa shape index (κ3) is 4.30. The number of para-hydroxylation sites is 1. The number of hydrogen-bond acceptors (Lipinski definition) is 1. The molecule has 0 saturated heterocycles. The lowest BCUT2D eigenvalue weighted by molar-refractivity contribution is 0.660. The SMILES string of the molecule is [C-]#[N+]c1ccc(N(c2ccc(-c3ccc4c5c3ccc3cccc(c35)n4-c3ccccc3)cc2)c2ccc3c(c2)C(C)(C)c2ccccc2-3)cc1. The predicted octanol–water partition coefficient (Wildman–Crippen LogP) is 13.4. The molecular formula is C48H33N3. The van der Waals surface area contributed by atoms with Crippen LogP contribution in [-0.2, 0) is 5.41 Å². The molecule has 1 aliphatic carbocycles. The highest BCUT2D eigenvalue weighted by Crippen LogP contribution is 2.51. The number of nitrogens with zero attached hydrogens (tertiary/aromatic N) is 3. The summed E-state index contributed by atoms with van der Waals surface area (Å²) in [6, 6.07) is 58.9. The summed E-state index contributed by atoms with van der Waals surface area (Å²) in [6.45, 7) is 12.2. The number of aromatic nitrogens is 1. The first-order valence-corrected chi connectivity index (χ1v) is 17.5. The fourth-order valence-electron chi connectivity index (χ4n) is 8.54. The van der Waals surface area contributed by atoms with Gasteiger partial charge in [0.2, 0.25) is 0 Å². The van der Waals surface area contributed by atoms with Gasteiger partial charge in [0.15, 0.2) is 5.69 Å². The predicted molar refractivity (Wildman–Crippen MR) is 213 cm³/mol. The van der Waals surface area contributed by atoms with E-state index < -0.39 is 0 Å². The van der Waals surface area contributed by atoms with Crippen molar-refractivity contribution in [2.45, 2.75) is 19.3 Å². The van der Waals surface area contributed by atoms with Crippen molar-refractivity contribution < 1.29 is 0 Å². The minimum Gasteiger partial charge on any atom is -0.311 e. The smallest absolute Gasteiger partial charge is 0.187 e. The summed E-state index contributed by atoms with van der Waals surface area (Å²) < 4.78 is 2.39. The van der Waals surface area contributed by atoms with E-state index in [1.54, 1.807) is 0 Å². The van der Waals surface area contributed by atoms with Crippen LogP contribution >= 0.6 is 0 Å². The summed E-state index contributed by atoms with van der Waals surface area (Å²) in [6.07, 6.45) is 0. The fourth-order valence-corrected chi connectivity index (χ4v) is 8.54. The number of anilines is 3. The van der Waals surface area contributed by atoms with Gasteiger partial charge in [-0.2, -0.15) is 0 Å². The van der Waals surface area contributed by atoms with E-state index in [0.29, 0.717) is 5.69 Å². The quantitative estimate of drug-likeness (QED) is 0.133. The molecule has 0 saturated carbocycles. The van der Waals surface area contributed by atoms with Gasteiger partial charge in [-0.05, 0) is 105 Å². The number of fused-ring (bicyclic) bond motifs is 3. The van der Waals surface area contributed by atoms with Gasteiger partial charge >= 0.3 is 0 Å². The zero-order chi connectivity index (χ0) is 34.3. The van der Waals surface area contributed by atoms with Gasteiger partial charge in [-0.3, -0.25) is 0 Å². The minimum absolute atomic E-state index is 0.109. The Kier molecular flexibility index (Phi) is 6.28. The summed E-state index contributed by atoms with van der Waals surface area (Å²) in [5.74, 6) is 0. The van der Waals surface area contributed by atoms with Crippen LogP contribution in [0.3, 0.4) is 0 Å². The molecule has 0 radical (unpaired) electrons. The molecule has 1 aliphatic rings. The molecule has 9 aromatic rings. The van der Waals surface area contributed by atoms with Crippen LogP contribution in [0.1, 0.15) is 25.0 Å². The lowest BCUT2D eigenvalue weighted by Crippen LogP contribution is -2.16. The zero-order valence-corrected chi connectivity index (χ0v) is 28.4. The molecule has 0 unspecified atom stereocenters. The first kappa shape index (κ1) is 29.3. The van der Waals surface area contributed by atoms with E-state index in [2.05, 4.69) is 180 Å². The highest BCUT2D eigenvalue weighted by Gasteiger charge is 2.35. The molecule has 10 rings (SSSR count).